The van der Waals surface area contributed by atoms with Gasteiger partial charge in [0.15, 0.2) is 0 Å². The molecular formula is C16H31N3O2. The zero-order valence-corrected chi connectivity index (χ0v) is 13.6. The van der Waals surface area contributed by atoms with E-state index < -0.39 is 11.5 Å². The average Bonchev–Trinajstić information content (AvgIpc) is 3.12. The predicted molar refractivity (Wildman–Crippen MR) is 84.6 cm³/mol. The number of hydrogen-bond acceptors (Lipinski definition) is 4. The Morgan fingerprint density at radius 3 is 2.67 bits per heavy atom. The maximum atomic E-state index is 11.6. The minimum atomic E-state index is -0.685. The number of rotatable bonds is 8. The highest BCUT2D eigenvalue weighted by Gasteiger charge is 2.47. The van der Waals surface area contributed by atoms with Crippen LogP contribution in [0.25, 0.3) is 0 Å². The average molecular weight is 297 g/mol. The Morgan fingerprint density at radius 1 is 1.33 bits per heavy atom. The van der Waals surface area contributed by atoms with Crippen LogP contribution in [0.4, 0.5) is 0 Å². The molecule has 2 unspecified atom stereocenters. The first kappa shape index (κ1) is 16.7. The van der Waals surface area contributed by atoms with E-state index in [-0.39, 0.29) is 5.92 Å². The van der Waals surface area contributed by atoms with Crippen molar-refractivity contribution in [2.24, 2.45) is 5.92 Å². The lowest BCUT2D eigenvalue weighted by Gasteiger charge is -2.32. The van der Waals surface area contributed by atoms with Crippen molar-refractivity contribution in [2.75, 3.05) is 46.8 Å². The highest BCUT2D eigenvalue weighted by atomic mass is 16.4. The zero-order chi connectivity index (χ0) is 15.3. The molecule has 1 aliphatic carbocycles. The summed E-state index contributed by atoms with van der Waals surface area (Å²) >= 11 is 0. The molecule has 0 spiro atoms. The van der Waals surface area contributed by atoms with Gasteiger partial charge in [-0.25, -0.2) is 0 Å². The fourth-order valence-corrected chi connectivity index (χ4v) is 3.99. The maximum absolute atomic E-state index is 11.6. The fourth-order valence-electron chi connectivity index (χ4n) is 3.99. The third-order valence-electron chi connectivity index (χ3n) is 5.50. The van der Waals surface area contributed by atoms with Crippen LogP contribution in [0.3, 0.4) is 0 Å². The van der Waals surface area contributed by atoms with Gasteiger partial charge in [0.1, 0.15) is 5.54 Å². The van der Waals surface area contributed by atoms with Gasteiger partial charge < -0.3 is 20.2 Å². The highest BCUT2D eigenvalue weighted by molar-refractivity contribution is 5.79. The lowest BCUT2D eigenvalue weighted by Crippen LogP contribution is -2.53. The molecule has 1 aliphatic heterocycles. The van der Waals surface area contributed by atoms with Crippen LogP contribution >= 0.6 is 0 Å². The van der Waals surface area contributed by atoms with E-state index >= 15 is 0 Å². The molecule has 0 radical (unpaired) electrons. The number of likely N-dealkylation sites (tertiary alicyclic amines) is 1. The summed E-state index contributed by atoms with van der Waals surface area (Å²) in [4.78, 5) is 16.5. The largest absolute Gasteiger partial charge is 0.480 e. The molecule has 2 N–H and O–H groups in total. The second-order valence-corrected chi connectivity index (χ2v) is 6.76. The van der Waals surface area contributed by atoms with E-state index in [1.54, 1.807) is 7.05 Å². The summed E-state index contributed by atoms with van der Waals surface area (Å²) in [6.07, 6.45) is 6.48. The van der Waals surface area contributed by atoms with E-state index in [4.69, 9.17) is 0 Å². The third-order valence-corrected chi connectivity index (χ3v) is 5.50. The van der Waals surface area contributed by atoms with Crippen LogP contribution < -0.4 is 5.32 Å². The van der Waals surface area contributed by atoms with Crippen LogP contribution in [0.15, 0.2) is 0 Å². The van der Waals surface area contributed by atoms with E-state index in [2.05, 4.69) is 22.2 Å². The number of likely N-dealkylation sites (N-methyl/N-ethyl adjacent to an activating group) is 2. The molecule has 1 heterocycles. The van der Waals surface area contributed by atoms with Gasteiger partial charge in [-0.3, -0.25) is 4.79 Å². The molecule has 2 fully saturated rings. The van der Waals surface area contributed by atoms with Gasteiger partial charge in [-0.1, -0.05) is 6.42 Å². The Hall–Kier alpha value is -0.650. The van der Waals surface area contributed by atoms with Crippen molar-refractivity contribution < 1.29 is 9.90 Å². The summed E-state index contributed by atoms with van der Waals surface area (Å²) in [5, 5.41) is 12.7. The van der Waals surface area contributed by atoms with Crippen molar-refractivity contribution in [1.82, 2.24) is 15.1 Å². The van der Waals surface area contributed by atoms with E-state index in [1.807, 2.05) is 0 Å². The van der Waals surface area contributed by atoms with E-state index in [9.17, 15) is 9.90 Å². The van der Waals surface area contributed by atoms with Crippen LogP contribution in [0.2, 0.25) is 0 Å². The van der Waals surface area contributed by atoms with Gasteiger partial charge in [0.05, 0.1) is 0 Å². The molecular weight excluding hydrogens is 266 g/mol. The van der Waals surface area contributed by atoms with Crippen molar-refractivity contribution in [3.05, 3.63) is 0 Å². The third kappa shape index (κ3) is 3.96. The maximum Gasteiger partial charge on any atom is 0.324 e. The van der Waals surface area contributed by atoms with Gasteiger partial charge in [0.2, 0.25) is 0 Å². The van der Waals surface area contributed by atoms with Crippen LogP contribution in [0.1, 0.15) is 38.5 Å². The first-order valence-electron chi connectivity index (χ1n) is 8.41. The topological polar surface area (TPSA) is 55.8 Å². The van der Waals surface area contributed by atoms with Crippen molar-refractivity contribution in [3.8, 4) is 0 Å². The second kappa shape index (κ2) is 7.56. The predicted octanol–water partition coefficient (Wildman–Crippen LogP) is 1.25. The van der Waals surface area contributed by atoms with Crippen molar-refractivity contribution >= 4 is 5.97 Å². The summed E-state index contributed by atoms with van der Waals surface area (Å²) in [6.45, 7) is 5.73. The van der Waals surface area contributed by atoms with Crippen molar-refractivity contribution in [2.45, 2.75) is 44.1 Å². The van der Waals surface area contributed by atoms with Crippen LogP contribution in [0.5, 0.6) is 0 Å². The molecule has 0 amide bonds. The number of carboxylic acid groups (broad SMARTS) is 1. The van der Waals surface area contributed by atoms with Gasteiger partial charge in [0, 0.05) is 13.1 Å². The lowest BCUT2D eigenvalue weighted by molar-refractivity contribution is -0.146. The number of carbonyl (C=O) groups is 1. The zero-order valence-electron chi connectivity index (χ0n) is 13.6. The molecule has 21 heavy (non-hydrogen) atoms. The van der Waals surface area contributed by atoms with Crippen molar-refractivity contribution in [1.29, 1.82) is 0 Å². The molecule has 122 valence electrons. The first-order valence-corrected chi connectivity index (χ1v) is 8.41. The second-order valence-electron chi connectivity index (χ2n) is 6.76. The van der Waals surface area contributed by atoms with Crippen molar-refractivity contribution in [3.63, 3.8) is 0 Å². The molecule has 0 bridgehead atoms. The summed E-state index contributed by atoms with van der Waals surface area (Å²) in [5.74, 6) is -0.415. The summed E-state index contributed by atoms with van der Waals surface area (Å²) in [5.41, 5.74) is -0.685. The molecule has 0 aromatic carbocycles. The minimum Gasteiger partial charge on any atom is -0.480 e. The molecule has 2 aliphatic rings. The monoisotopic (exact) mass is 297 g/mol. The quantitative estimate of drug-likeness (QED) is 0.706. The van der Waals surface area contributed by atoms with Gasteiger partial charge in [-0.05, 0) is 71.8 Å². The smallest absolute Gasteiger partial charge is 0.324 e. The number of nitrogens with zero attached hydrogens (tertiary/aromatic N) is 2. The standard InChI is InChI=1S/C16H31N3O2/c1-17-16(15(20)21)8-5-6-14(16)7-11-18(2)12-13-19-9-3-4-10-19/h14,17H,3-13H2,1-2H3,(H,20,21). The summed E-state index contributed by atoms with van der Waals surface area (Å²) in [6, 6.07) is 0. The Kier molecular flexibility index (Phi) is 6.02. The fraction of sp³-hybridized carbons (Fsp3) is 0.938. The molecule has 5 heteroatoms. The normalized spacial score (nSPS) is 30.3. The number of nitrogens with one attached hydrogen (secondary N) is 1. The molecule has 0 aromatic rings. The van der Waals surface area contributed by atoms with Gasteiger partial charge in [-0.15, -0.1) is 0 Å². The first-order chi connectivity index (χ1) is 10.1. The Morgan fingerprint density at radius 2 is 2.05 bits per heavy atom. The Bertz CT molecular complexity index is 344. The van der Waals surface area contributed by atoms with E-state index in [0.29, 0.717) is 0 Å². The minimum absolute atomic E-state index is 0.259. The number of carboxylic acids is 1. The van der Waals surface area contributed by atoms with E-state index in [0.717, 1.165) is 45.3 Å². The van der Waals surface area contributed by atoms with Crippen LogP contribution in [-0.2, 0) is 4.79 Å². The molecule has 0 aromatic heterocycles. The molecule has 2 atom stereocenters. The van der Waals surface area contributed by atoms with Gasteiger partial charge >= 0.3 is 5.97 Å². The number of aliphatic carboxylic acids is 1. The van der Waals surface area contributed by atoms with E-state index in [1.165, 1.54) is 25.9 Å². The van der Waals surface area contributed by atoms with Crippen LogP contribution in [0, 0.1) is 5.92 Å². The Labute approximate surface area is 128 Å². The summed E-state index contributed by atoms with van der Waals surface area (Å²) in [7, 11) is 3.95. The number of hydrogen-bond donors (Lipinski definition) is 2. The lowest BCUT2D eigenvalue weighted by atomic mass is 9.84. The molecule has 2 rings (SSSR count). The highest BCUT2D eigenvalue weighted by Crippen LogP contribution is 2.38. The molecule has 5 nitrogen and oxygen atoms in total. The SMILES string of the molecule is CNC1(C(=O)O)CCCC1CCN(C)CCN1CCCC1. The van der Waals surface area contributed by atoms with Gasteiger partial charge in [-0.2, -0.15) is 0 Å². The Balaban J connectivity index is 1.74. The summed E-state index contributed by atoms with van der Waals surface area (Å²) < 4.78 is 0. The molecule has 1 saturated heterocycles. The van der Waals surface area contributed by atoms with Crippen LogP contribution in [-0.4, -0.2) is 73.2 Å². The molecule has 1 saturated carbocycles. The van der Waals surface area contributed by atoms with Gasteiger partial charge in [0.25, 0.3) is 0 Å².